The second-order valence-electron chi connectivity index (χ2n) is 10.7. The van der Waals surface area contributed by atoms with Crippen LogP contribution in [0.3, 0.4) is 0 Å². The van der Waals surface area contributed by atoms with Crippen LogP contribution in [0.2, 0.25) is 5.02 Å². The lowest BCUT2D eigenvalue weighted by Crippen LogP contribution is -2.38. The van der Waals surface area contributed by atoms with E-state index in [9.17, 15) is 14.7 Å². The molecule has 1 N–H and O–H groups in total. The number of halogens is 1. The van der Waals surface area contributed by atoms with Crippen LogP contribution < -0.4 is 4.90 Å². The Bertz CT molecular complexity index is 1530. The van der Waals surface area contributed by atoms with Gasteiger partial charge in [-0.05, 0) is 73.4 Å². The van der Waals surface area contributed by atoms with Crippen LogP contribution >= 0.6 is 11.6 Å². The van der Waals surface area contributed by atoms with Crippen molar-refractivity contribution in [1.29, 1.82) is 0 Å². The summed E-state index contributed by atoms with van der Waals surface area (Å²) < 4.78 is 0. The molecule has 0 spiro atoms. The highest BCUT2D eigenvalue weighted by atomic mass is 35.5. The van der Waals surface area contributed by atoms with Gasteiger partial charge in [-0.1, -0.05) is 78.3 Å². The molecule has 1 fully saturated rings. The quantitative estimate of drug-likeness (QED) is 0.222. The molecule has 1 aliphatic heterocycles. The molecule has 1 aliphatic rings. The predicted molar refractivity (Wildman–Crippen MR) is 165 cm³/mol. The summed E-state index contributed by atoms with van der Waals surface area (Å²) in [4.78, 5) is 38.9. The zero-order chi connectivity index (χ0) is 29.5. The Morgan fingerprint density at radius 3 is 2.45 bits per heavy atom. The zero-order valence-electron chi connectivity index (χ0n) is 23.7. The number of nitrogens with zero attached hydrogens (tertiary/aromatic N) is 4. The Balaban J connectivity index is 1.46. The van der Waals surface area contributed by atoms with Gasteiger partial charge in [0.15, 0.2) is 0 Å². The third-order valence-corrected chi connectivity index (χ3v) is 8.12. The monoisotopic (exact) mass is 582 g/mol. The van der Waals surface area contributed by atoms with Gasteiger partial charge in [0.05, 0.1) is 17.3 Å². The predicted octanol–water partition coefficient (Wildman–Crippen LogP) is 6.33. The van der Waals surface area contributed by atoms with Crippen molar-refractivity contribution in [3.05, 3.63) is 124 Å². The Morgan fingerprint density at radius 2 is 1.71 bits per heavy atom. The molecule has 1 saturated heterocycles. The smallest absolute Gasteiger partial charge is 0.323 e. The first-order valence-electron chi connectivity index (χ1n) is 14.4. The van der Waals surface area contributed by atoms with Crippen molar-refractivity contribution < 1.29 is 14.7 Å². The minimum Gasteiger partial charge on any atom is -0.480 e. The van der Waals surface area contributed by atoms with Gasteiger partial charge in [0.25, 0.3) is 5.91 Å². The first-order valence-corrected chi connectivity index (χ1v) is 14.7. The first kappa shape index (κ1) is 29.3. The lowest BCUT2D eigenvalue weighted by Gasteiger charge is -2.27. The Kier molecular flexibility index (Phi) is 9.49. The Hall–Kier alpha value is -4.23. The fourth-order valence-electron chi connectivity index (χ4n) is 5.59. The number of carboxylic acid groups (broad SMARTS) is 1. The van der Waals surface area contributed by atoms with E-state index in [1.54, 1.807) is 6.20 Å². The van der Waals surface area contributed by atoms with E-state index in [1.165, 1.54) is 16.0 Å². The standard InChI is InChI=1S/C34H35ClN4O3/c1-24-8-5-6-11-26(24)15-18-30-29(33(42)38(23-32(40)41)21-19-25-9-3-2-4-10-25)22-36-34(37-30)39-20-7-12-31(39)27-13-16-28(35)17-14-27/h2-6,8-11,13-14,16-17,22,31H,7,12,15,18-21,23H2,1H3,(H,40,41)/t31-/m1/s1. The number of rotatable bonds is 11. The molecule has 0 saturated carbocycles. The number of carbonyl (C=O) groups excluding carboxylic acids is 1. The third-order valence-electron chi connectivity index (χ3n) is 7.87. The zero-order valence-corrected chi connectivity index (χ0v) is 24.5. The van der Waals surface area contributed by atoms with Gasteiger partial charge >= 0.3 is 5.97 Å². The third kappa shape index (κ3) is 7.15. The van der Waals surface area contributed by atoms with Crippen molar-refractivity contribution >= 4 is 29.4 Å². The lowest BCUT2D eigenvalue weighted by molar-refractivity contribution is -0.137. The normalized spacial score (nSPS) is 14.6. The van der Waals surface area contributed by atoms with Crippen LogP contribution in [0.1, 0.15) is 57.2 Å². The maximum atomic E-state index is 13.9. The highest BCUT2D eigenvalue weighted by Gasteiger charge is 2.30. The molecule has 0 radical (unpaired) electrons. The molecule has 1 atom stereocenters. The summed E-state index contributed by atoms with van der Waals surface area (Å²) in [6, 6.07) is 25.9. The molecular formula is C34H35ClN4O3. The highest BCUT2D eigenvalue weighted by Crippen LogP contribution is 2.35. The molecule has 3 aromatic carbocycles. The molecule has 42 heavy (non-hydrogen) atoms. The fraction of sp³-hybridized carbons (Fsp3) is 0.294. The van der Waals surface area contributed by atoms with Crippen molar-refractivity contribution in [2.45, 2.75) is 45.1 Å². The van der Waals surface area contributed by atoms with Gasteiger partial charge in [0.2, 0.25) is 5.95 Å². The molecule has 1 amide bonds. The van der Waals surface area contributed by atoms with Crippen molar-refractivity contribution in [3.63, 3.8) is 0 Å². The lowest BCUT2D eigenvalue weighted by atomic mass is 10.0. The summed E-state index contributed by atoms with van der Waals surface area (Å²) in [6.07, 6.45) is 5.34. The molecule has 7 nitrogen and oxygen atoms in total. The number of hydrogen-bond acceptors (Lipinski definition) is 5. The molecule has 0 aliphatic carbocycles. The minimum absolute atomic E-state index is 0.113. The van der Waals surface area contributed by atoms with E-state index in [-0.39, 0.29) is 18.5 Å². The summed E-state index contributed by atoms with van der Waals surface area (Å²) in [6.45, 7) is 2.76. The number of aryl methyl sites for hydroxylation is 3. The number of amides is 1. The minimum atomic E-state index is -1.06. The van der Waals surface area contributed by atoms with Gasteiger partial charge in [0, 0.05) is 24.3 Å². The molecule has 5 rings (SSSR count). The van der Waals surface area contributed by atoms with Gasteiger partial charge in [0.1, 0.15) is 6.54 Å². The topological polar surface area (TPSA) is 86.6 Å². The number of carbonyl (C=O) groups is 2. The molecule has 0 unspecified atom stereocenters. The van der Waals surface area contributed by atoms with E-state index in [1.807, 2.05) is 66.7 Å². The van der Waals surface area contributed by atoms with E-state index >= 15 is 0 Å². The van der Waals surface area contributed by atoms with Gasteiger partial charge in [-0.2, -0.15) is 0 Å². The van der Waals surface area contributed by atoms with E-state index in [0.717, 1.165) is 30.5 Å². The van der Waals surface area contributed by atoms with Crippen LogP contribution in [0.5, 0.6) is 0 Å². The van der Waals surface area contributed by atoms with Crippen molar-refractivity contribution in [3.8, 4) is 0 Å². The summed E-state index contributed by atoms with van der Waals surface area (Å²) in [5.41, 5.74) is 5.53. The summed E-state index contributed by atoms with van der Waals surface area (Å²) >= 11 is 6.14. The number of benzene rings is 3. The second-order valence-corrected chi connectivity index (χ2v) is 11.2. The number of carboxylic acids is 1. The molecular weight excluding hydrogens is 548 g/mol. The second kappa shape index (κ2) is 13.6. The molecule has 1 aromatic heterocycles. The van der Waals surface area contributed by atoms with Crippen molar-refractivity contribution in [2.24, 2.45) is 0 Å². The summed E-state index contributed by atoms with van der Waals surface area (Å²) in [5, 5.41) is 10.3. The summed E-state index contributed by atoms with van der Waals surface area (Å²) in [7, 11) is 0. The van der Waals surface area contributed by atoms with Crippen LogP contribution in [-0.2, 0) is 24.1 Å². The van der Waals surface area contributed by atoms with E-state index < -0.39 is 12.5 Å². The van der Waals surface area contributed by atoms with E-state index in [4.69, 9.17) is 16.6 Å². The SMILES string of the molecule is Cc1ccccc1CCc1nc(N2CCC[C@@H]2c2ccc(Cl)cc2)ncc1C(=O)N(CCc1ccccc1)CC(=O)O. The van der Waals surface area contributed by atoms with Crippen molar-refractivity contribution in [1.82, 2.24) is 14.9 Å². The van der Waals surface area contributed by atoms with Crippen LogP contribution in [0, 0.1) is 6.92 Å². The maximum absolute atomic E-state index is 13.9. The number of aliphatic carboxylic acids is 1. The van der Waals surface area contributed by atoms with Gasteiger partial charge in [-0.3, -0.25) is 9.59 Å². The van der Waals surface area contributed by atoms with Crippen LogP contribution in [0.25, 0.3) is 0 Å². The van der Waals surface area contributed by atoms with Gasteiger partial charge in [-0.15, -0.1) is 0 Å². The van der Waals surface area contributed by atoms with E-state index in [0.29, 0.717) is 41.5 Å². The molecule has 2 heterocycles. The number of anilines is 1. The first-order chi connectivity index (χ1) is 20.4. The Labute approximate surface area is 251 Å². The fourth-order valence-corrected chi connectivity index (χ4v) is 5.72. The molecule has 4 aromatic rings. The van der Waals surface area contributed by atoms with Crippen molar-refractivity contribution in [2.75, 3.05) is 24.5 Å². The van der Waals surface area contributed by atoms with Gasteiger partial charge < -0.3 is 14.9 Å². The van der Waals surface area contributed by atoms with Crippen LogP contribution in [0.15, 0.2) is 85.1 Å². The molecule has 0 bridgehead atoms. The van der Waals surface area contributed by atoms with Gasteiger partial charge in [-0.25, -0.2) is 9.97 Å². The molecule has 8 heteroatoms. The summed E-state index contributed by atoms with van der Waals surface area (Å²) in [5.74, 6) is -0.841. The van der Waals surface area contributed by atoms with Crippen LogP contribution in [0.4, 0.5) is 5.95 Å². The van der Waals surface area contributed by atoms with Crippen LogP contribution in [-0.4, -0.2) is 51.5 Å². The Morgan fingerprint density at radius 1 is 0.976 bits per heavy atom. The van der Waals surface area contributed by atoms with E-state index in [2.05, 4.69) is 28.9 Å². The maximum Gasteiger partial charge on any atom is 0.323 e. The largest absolute Gasteiger partial charge is 0.480 e. The molecule has 216 valence electrons. The average Bonchev–Trinajstić information content (AvgIpc) is 3.49. The average molecular weight is 583 g/mol. The highest BCUT2D eigenvalue weighted by molar-refractivity contribution is 6.30. The number of hydrogen-bond donors (Lipinski definition) is 1. The number of aromatic nitrogens is 2.